The molecule has 0 fully saturated rings. The molecule has 2 aromatic rings. The minimum Gasteiger partial charge on any atom is -0.326 e. The van der Waals surface area contributed by atoms with Crippen LogP contribution >= 0.6 is 11.6 Å². The van der Waals surface area contributed by atoms with Crippen molar-refractivity contribution in [3.63, 3.8) is 0 Å². The topological polar surface area (TPSA) is 87.3 Å². The van der Waals surface area contributed by atoms with Gasteiger partial charge < -0.3 is 10.6 Å². The lowest BCUT2D eigenvalue weighted by atomic mass is 10.0. The molecule has 24 heavy (non-hydrogen) atoms. The largest absolute Gasteiger partial charge is 0.326 e. The molecule has 4 amide bonds. The number of urea groups is 1. The highest BCUT2D eigenvalue weighted by atomic mass is 35.5. The van der Waals surface area contributed by atoms with Crippen LogP contribution in [0.2, 0.25) is 5.02 Å². The Kier molecular flexibility index (Phi) is 4.48. The SMILES string of the molecule is O=C1CCc2c(cccc2NC(=O)NC(=O)c2ccc(Cl)cc2)N1. The summed E-state index contributed by atoms with van der Waals surface area (Å²) in [4.78, 5) is 35.5. The van der Waals surface area contributed by atoms with Crippen LogP contribution in [-0.2, 0) is 11.2 Å². The van der Waals surface area contributed by atoms with E-state index in [1.807, 2.05) is 0 Å². The summed E-state index contributed by atoms with van der Waals surface area (Å²) < 4.78 is 0. The quantitative estimate of drug-likeness (QED) is 0.782. The van der Waals surface area contributed by atoms with Crippen molar-refractivity contribution in [1.82, 2.24) is 5.32 Å². The average Bonchev–Trinajstić information content (AvgIpc) is 2.55. The number of carbonyl (C=O) groups excluding carboxylic acids is 3. The Morgan fingerprint density at radius 1 is 1.04 bits per heavy atom. The Morgan fingerprint density at radius 2 is 1.79 bits per heavy atom. The van der Waals surface area contributed by atoms with Crippen LogP contribution in [-0.4, -0.2) is 17.8 Å². The predicted molar refractivity (Wildman–Crippen MR) is 91.3 cm³/mol. The second-order valence-electron chi connectivity index (χ2n) is 5.30. The zero-order chi connectivity index (χ0) is 17.1. The van der Waals surface area contributed by atoms with Gasteiger partial charge in [-0.1, -0.05) is 17.7 Å². The molecule has 0 atom stereocenters. The number of hydrogen-bond acceptors (Lipinski definition) is 3. The zero-order valence-electron chi connectivity index (χ0n) is 12.6. The number of imide groups is 1. The van der Waals surface area contributed by atoms with E-state index in [9.17, 15) is 14.4 Å². The van der Waals surface area contributed by atoms with Crippen molar-refractivity contribution in [2.75, 3.05) is 10.6 Å². The highest BCUT2D eigenvalue weighted by Crippen LogP contribution is 2.29. The van der Waals surface area contributed by atoms with Crippen LogP contribution in [0.1, 0.15) is 22.3 Å². The van der Waals surface area contributed by atoms with Crippen LogP contribution in [0.4, 0.5) is 16.2 Å². The fourth-order valence-corrected chi connectivity index (χ4v) is 2.60. The second-order valence-corrected chi connectivity index (χ2v) is 5.73. The maximum absolute atomic E-state index is 12.1. The summed E-state index contributed by atoms with van der Waals surface area (Å²) in [7, 11) is 0. The van der Waals surface area contributed by atoms with Crippen molar-refractivity contribution < 1.29 is 14.4 Å². The molecule has 1 aliphatic rings. The molecule has 0 spiro atoms. The van der Waals surface area contributed by atoms with Crippen molar-refractivity contribution in [1.29, 1.82) is 0 Å². The zero-order valence-corrected chi connectivity index (χ0v) is 13.3. The third-order valence-electron chi connectivity index (χ3n) is 3.63. The summed E-state index contributed by atoms with van der Waals surface area (Å²) in [6.45, 7) is 0. The van der Waals surface area contributed by atoms with Gasteiger partial charge in [0.15, 0.2) is 0 Å². The number of rotatable bonds is 2. The molecule has 3 N–H and O–H groups in total. The van der Waals surface area contributed by atoms with E-state index >= 15 is 0 Å². The predicted octanol–water partition coefficient (Wildman–Crippen LogP) is 3.19. The normalized spacial score (nSPS) is 12.8. The van der Waals surface area contributed by atoms with E-state index in [2.05, 4.69) is 16.0 Å². The van der Waals surface area contributed by atoms with Crippen molar-refractivity contribution >= 4 is 40.8 Å². The number of hydrogen-bond donors (Lipinski definition) is 3. The van der Waals surface area contributed by atoms with Gasteiger partial charge in [-0.25, -0.2) is 4.79 Å². The molecule has 7 heteroatoms. The van der Waals surface area contributed by atoms with E-state index in [1.54, 1.807) is 30.3 Å². The van der Waals surface area contributed by atoms with E-state index in [4.69, 9.17) is 11.6 Å². The molecule has 0 saturated heterocycles. The van der Waals surface area contributed by atoms with Gasteiger partial charge in [0.25, 0.3) is 5.91 Å². The van der Waals surface area contributed by atoms with Gasteiger partial charge in [0, 0.05) is 28.4 Å². The Bertz CT molecular complexity index is 818. The maximum Gasteiger partial charge on any atom is 0.326 e. The Hall–Kier alpha value is -2.86. The Labute approximate surface area is 143 Å². The molecule has 3 rings (SSSR count). The number of fused-ring (bicyclic) bond motifs is 1. The summed E-state index contributed by atoms with van der Waals surface area (Å²) in [5.74, 6) is -0.579. The molecule has 122 valence electrons. The Morgan fingerprint density at radius 3 is 2.54 bits per heavy atom. The number of benzene rings is 2. The lowest BCUT2D eigenvalue weighted by Crippen LogP contribution is -2.34. The minimum absolute atomic E-state index is 0.0537. The number of anilines is 2. The van der Waals surface area contributed by atoms with E-state index in [0.29, 0.717) is 34.8 Å². The third kappa shape index (κ3) is 3.55. The summed E-state index contributed by atoms with van der Waals surface area (Å²) in [5.41, 5.74) is 2.41. The van der Waals surface area contributed by atoms with Gasteiger partial charge >= 0.3 is 6.03 Å². The van der Waals surface area contributed by atoms with Crippen LogP contribution in [0, 0.1) is 0 Å². The van der Waals surface area contributed by atoms with Crippen LogP contribution in [0.3, 0.4) is 0 Å². The number of carbonyl (C=O) groups is 3. The summed E-state index contributed by atoms with van der Waals surface area (Å²) >= 11 is 5.77. The molecule has 0 unspecified atom stereocenters. The van der Waals surface area contributed by atoms with Crippen molar-refractivity contribution in [2.24, 2.45) is 0 Å². The van der Waals surface area contributed by atoms with E-state index in [1.165, 1.54) is 12.1 Å². The Balaban J connectivity index is 1.69. The lowest BCUT2D eigenvalue weighted by Gasteiger charge is -2.20. The number of halogens is 1. The molecule has 0 saturated carbocycles. The van der Waals surface area contributed by atoms with E-state index in [-0.39, 0.29) is 5.91 Å². The van der Waals surface area contributed by atoms with E-state index in [0.717, 1.165) is 5.56 Å². The second kappa shape index (κ2) is 6.72. The molecule has 0 aliphatic carbocycles. The van der Waals surface area contributed by atoms with Gasteiger partial charge in [0.05, 0.1) is 0 Å². The third-order valence-corrected chi connectivity index (χ3v) is 3.89. The molecule has 2 aromatic carbocycles. The van der Waals surface area contributed by atoms with Crippen LogP contribution < -0.4 is 16.0 Å². The standard InChI is InChI=1S/C17H14ClN3O3/c18-11-6-4-10(5-7-11)16(23)21-17(24)20-14-3-1-2-13-12(14)8-9-15(22)19-13/h1-7H,8-9H2,(H,19,22)(H2,20,21,23,24). The first-order valence-corrected chi connectivity index (χ1v) is 7.70. The molecule has 6 nitrogen and oxygen atoms in total. The molecular formula is C17H14ClN3O3. The van der Waals surface area contributed by atoms with Crippen molar-refractivity contribution in [3.05, 3.63) is 58.6 Å². The molecule has 0 radical (unpaired) electrons. The minimum atomic E-state index is -0.639. The van der Waals surface area contributed by atoms with Gasteiger partial charge in [-0.15, -0.1) is 0 Å². The molecule has 1 heterocycles. The highest BCUT2D eigenvalue weighted by Gasteiger charge is 2.19. The molecule has 0 aromatic heterocycles. The van der Waals surface area contributed by atoms with Gasteiger partial charge in [-0.2, -0.15) is 0 Å². The molecule has 1 aliphatic heterocycles. The summed E-state index contributed by atoms with van der Waals surface area (Å²) in [6, 6.07) is 10.8. The first-order valence-electron chi connectivity index (χ1n) is 7.32. The van der Waals surface area contributed by atoms with Crippen molar-refractivity contribution in [3.8, 4) is 0 Å². The number of nitrogens with one attached hydrogen (secondary N) is 3. The first-order chi connectivity index (χ1) is 11.5. The van der Waals surface area contributed by atoms with Crippen LogP contribution in [0.5, 0.6) is 0 Å². The van der Waals surface area contributed by atoms with E-state index < -0.39 is 11.9 Å². The number of amides is 4. The molecule has 0 bridgehead atoms. The summed E-state index contributed by atoms with van der Waals surface area (Å²) in [6.07, 6.45) is 0.889. The fourth-order valence-electron chi connectivity index (χ4n) is 2.47. The summed E-state index contributed by atoms with van der Waals surface area (Å²) in [5, 5.41) is 8.17. The smallest absolute Gasteiger partial charge is 0.326 e. The average molecular weight is 344 g/mol. The highest BCUT2D eigenvalue weighted by molar-refractivity contribution is 6.30. The monoisotopic (exact) mass is 343 g/mol. The lowest BCUT2D eigenvalue weighted by molar-refractivity contribution is -0.116. The van der Waals surface area contributed by atoms with Gasteiger partial charge in [-0.3, -0.25) is 14.9 Å². The van der Waals surface area contributed by atoms with Crippen molar-refractivity contribution in [2.45, 2.75) is 12.8 Å². The fraction of sp³-hybridized carbons (Fsp3) is 0.118. The maximum atomic E-state index is 12.1. The van der Waals surface area contributed by atoms with Crippen LogP contribution in [0.15, 0.2) is 42.5 Å². The van der Waals surface area contributed by atoms with Gasteiger partial charge in [0.2, 0.25) is 5.91 Å². The van der Waals surface area contributed by atoms with Gasteiger partial charge in [0.1, 0.15) is 0 Å². The first kappa shape index (κ1) is 16.0. The van der Waals surface area contributed by atoms with Crippen LogP contribution in [0.25, 0.3) is 0 Å². The molecular weight excluding hydrogens is 330 g/mol. The van der Waals surface area contributed by atoms with Gasteiger partial charge in [-0.05, 0) is 48.4 Å².